The fourth-order valence-corrected chi connectivity index (χ4v) is 1.38. The van der Waals surface area contributed by atoms with Gasteiger partial charge >= 0.3 is 12.1 Å². The molecule has 6 nitrogen and oxygen atoms in total. The highest BCUT2D eigenvalue weighted by atomic mass is 16.2. The third-order valence-corrected chi connectivity index (χ3v) is 1.96. The van der Waals surface area contributed by atoms with Gasteiger partial charge in [0.05, 0.1) is 13.1 Å². The van der Waals surface area contributed by atoms with E-state index in [0.29, 0.717) is 26.2 Å². The Labute approximate surface area is 69.5 Å². The number of hydrazine groups is 1. The molecule has 4 amide bonds. The Morgan fingerprint density at radius 1 is 0.917 bits per heavy atom. The van der Waals surface area contributed by atoms with E-state index >= 15 is 0 Å². The van der Waals surface area contributed by atoms with Crippen molar-refractivity contribution >= 4 is 12.1 Å². The number of amides is 4. The van der Waals surface area contributed by atoms with Gasteiger partial charge in [0, 0.05) is 13.1 Å². The van der Waals surface area contributed by atoms with E-state index in [1.165, 1.54) is 10.0 Å². The minimum atomic E-state index is -0.188. The van der Waals surface area contributed by atoms with Crippen molar-refractivity contribution < 1.29 is 9.59 Å². The van der Waals surface area contributed by atoms with E-state index in [2.05, 4.69) is 10.6 Å². The van der Waals surface area contributed by atoms with Crippen LogP contribution in [0.25, 0.3) is 0 Å². The Morgan fingerprint density at radius 2 is 1.33 bits per heavy atom. The Kier molecular flexibility index (Phi) is 1.53. The maximum atomic E-state index is 11.1. The molecule has 6 heteroatoms. The van der Waals surface area contributed by atoms with E-state index < -0.39 is 0 Å². The predicted molar refractivity (Wildman–Crippen MR) is 40.2 cm³/mol. The molecule has 2 fully saturated rings. The van der Waals surface area contributed by atoms with Crippen molar-refractivity contribution in [2.75, 3.05) is 26.2 Å². The standard InChI is InChI=1S/C6H10N4O2/c11-5-7-1-3-9(5)10-4-2-8-6(10)12/h1-4H2,(H,7,11)(H,8,12). The highest BCUT2D eigenvalue weighted by Crippen LogP contribution is 2.06. The number of nitrogens with zero attached hydrogens (tertiary/aromatic N) is 2. The first-order chi connectivity index (χ1) is 5.79. The molecule has 0 aromatic heterocycles. The lowest BCUT2D eigenvalue weighted by molar-refractivity contribution is 0.0846. The molecule has 66 valence electrons. The molecule has 0 radical (unpaired) electrons. The largest absolute Gasteiger partial charge is 0.336 e. The van der Waals surface area contributed by atoms with Gasteiger partial charge in [0.15, 0.2) is 0 Å². The van der Waals surface area contributed by atoms with E-state index in [0.717, 1.165) is 0 Å². The Balaban J connectivity index is 2.08. The van der Waals surface area contributed by atoms with Crippen LogP contribution in [0.4, 0.5) is 9.59 Å². The number of nitrogens with one attached hydrogen (secondary N) is 2. The summed E-state index contributed by atoms with van der Waals surface area (Å²) in [5.74, 6) is 0. The molecule has 0 aliphatic carbocycles. The lowest BCUT2D eigenvalue weighted by Crippen LogP contribution is -2.46. The van der Waals surface area contributed by atoms with Gasteiger partial charge in [-0.15, -0.1) is 0 Å². The van der Waals surface area contributed by atoms with Crippen molar-refractivity contribution in [2.45, 2.75) is 0 Å². The summed E-state index contributed by atoms with van der Waals surface area (Å²) in [6.07, 6.45) is 0. The third-order valence-electron chi connectivity index (χ3n) is 1.96. The first kappa shape index (κ1) is 7.20. The highest BCUT2D eigenvalue weighted by molar-refractivity contribution is 5.82. The molecule has 0 atom stereocenters. The molecule has 0 spiro atoms. The summed E-state index contributed by atoms with van der Waals surface area (Å²) >= 11 is 0. The van der Waals surface area contributed by atoms with Crippen LogP contribution < -0.4 is 10.6 Å². The van der Waals surface area contributed by atoms with Crippen LogP contribution in [0, 0.1) is 0 Å². The topological polar surface area (TPSA) is 64.7 Å². The van der Waals surface area contributed by atoms with E-state index in [1.54, 1.807) is 0 Å². The molecule has 0 bridgehead atoms. The van der Waals surface area contributed by atoms with Crippen LogP contribution in [0.1, 0.15) is 0 Å². The number of urea groups is 2. The Bertz CT molecular complexity index is 206. The zero-order chi connectivity index (χ0) is 8.55. The summed E-state index contributed by atoms with van der Waals surface area (Å²) in [6.45, 7) is 2.38. The van der Waals surface area contributed by atoms with Gasteiger partial charge in [0.1, 0.15) is 0 Å². The van der Waals surface area contributed by atoms with Gasteiger partial charge in [0.25, 0.3) is 0 Å². The second-order valence-corrected chi connectivity index (χ2v) is 2.71. The Hall–Kier alpha value is -1.46. The molecule has 2 saturated heterocycles. The van der Waals surface area contributed by atoms with Gasteiger partial charge in [0.2, 0.25) is 0 Å². The van der Waals surface area contributed by atoms with E-state index in [1.807, 2.05) is 0 Å². The van der Waals surface area contributed by atoms with Crippen LogP contribution in [0.5, 0.6) is 0 Å². The lowest BCUT2D eigenvalue weighted by Gasteiger charge is -2.24. The van der Waals surface area contributed by atoms with Crippen LogP contribution in [0.3, 0.4) is 0 Å². The molecule has 0 aromatic rings. The van der Waals surface area contributed by atoms with E-state index in [9.17, 15) is 9.59 Å². The zero-order valence-electron chi connectivity index (χ0n) is 6.54. The summed E-state index contributed by atoms with van der Waals surface area (Å²) in [6, 6.07) is -0.376. The lowest BCUT2D eigenvalue weighted by atomic mass is 10.6. The van der Waals surface area contributed by atoms with E-state index in [-0.39, 0.29) is 12.1 Å². The van der Waals surface area contributed by atoms with Crippen molar-refractivity contribution in [3.05, 3.63) is 0 Å². The molecule has 0 saturated carbocycles. The average Bonchev–Trinajstić information content (AvgIpc) is 2.59. The molecule has 2 rings (SSSR count). The molecule has 2 aliphatic heterocycles. The predicted octanol–water partition coefficient (Wildman–Crippen LogP) is -1.05. The summed E-state index contributed by atoms with van der Waals surface area (Å²) in [5, 5.41) is 8.13. The van der Waals surface area contributed by atoms with Crippen LogP contribution in [0.15, 0.2) is 0 Å². The Morgan fingerprint density at radius 3 is 1.58 bits per heavy atom. The minimum Gasteiger partial charge on any atom is -0.335 e. The van der Waals surface area contributed by atoms with Crippen molar-refractivity contribution in [1.82, 2.24) is 20.7 Å². The zero-order valence-corrected chi connectivity index (χ0v) is 6.54. The number of hydrogen-bond donors (Lipinski definition) is 2. The smallest absolute Gasteiger partial charge is 0.335 e. The maximum Gasteiger partial charge on any atom is 0.336 e. The van der Waals surface area contributed by atoms with Crippen LogP contribution in [-0.4, -0.2) is 48.3 Å². The summed E-state index contributed by atoms with van der Waals surface area (Å²) in [4.78, 5) is 22.2. The third kappa shape index (κ3) is 0.956. The fraction of sp³-hybridized carbons (Fsp3) is 0.667. The van der Waals surface area contributed by atoms with E-state index in [4.69, 9.17) is 0 Å². The van der Waals surface area contributed by atoms with Crippen molar-refractivity contribution in [2.24, 2.45) is 0 Å². The number of carbonyl (C=O) groups is 2. The van der Waals surface area contributed by atoms with Crippen molar-refractivity contribution in [3.8, 4) is 0 Å². The van der Waals surface area contributed by atoms with Crippen molar-refractivity contribution in [1.29, 1.82) is 0 Å². The van der Waals surface area contributed by atoms with Gasteiger partial charge in [-0.05, 0) is 0 Å². The van der Waals surface area contributed by atoms with Gasteiger partial charge < -0.3 is 10.6 Å². The second kappa shape index (κ2) is 2.54. The molecule has 2 aliphatic rings. The number of hydrogen-bond acceptors (Lipinski definition) is 2. The molecule has 0 unspecified atom stereocenters. The van der Waals surface area contributed by atoms with Gasteiger partial charge in [-0.3, -0.25) is 0 Å². The molecule has 2 N–H and O–H groups in total. The second-order valence-electron chi connectivity index (χ2n) is 2.71. The maximum absolute atomic E-state index is 11.1. The van der Waals surface area contributed by atoms with Gasteiger partial charge in [-0.2, -0.15) is 0 Å². The molecule has 0 aromatic carbocycles. The first-order valence-electron chi connectivity index (χ1n) is 3.90. The van der Waals surface area contributed by atoms with Gasteiger partial charge in [-0.1, -0.05) is 0 Å². The van der Waals surface area contributed by atoms with Crippen molar-refractivity contribution in [3.63, 3.8) is 0 Å². The monoisotopic (exact) mass is 170 g/mol. The highest BCUT2D eigenvalue weighted by Gasteiger charge is 2.32. The average molecular weight is 170 g/mol. The fourth-order valence-electron chi connectivity index (χ4n) is 1.38. The molecular weight excluding hydrogens is 160 g/mol. The van der Waals surface area contributed by atoms with Crippen LogP contribution >= 0.6 is 0 Å². The number of rotatable bonds is 1. The summed E-state index contributed by atoms with van der Waals surface area (Å²) in [7, 11) is 0. The molecule has 12 heavy (non-hydrogen) atoms. The SMILES string of the molecule is O=C1NCCN1N1CCNC1=O. The van der Waals surface area contributed by atoms with Crippen LogP contribution in [-0.2, 0) is 0 Å². The van der Waals surface area contributed by atoms with Crippen LogP contribution in [0.2, 0.25) is 0 Å². The number of carbonyl (C=O) groups excluding carboxylic acids is 2. The normalized spacial score (nSPS) is 23.0. The molecule has 2 heterocycles. The minimum absolute atomic E-state index is 0.188. The quantitative estimate of drug-likeness (QED) is 0.527. The summed E-state index contributed by atoms with van der Waals surface area (Å²) in [5.41, 5.74) is 0. The molecular formula is C6H10N4O2. The van der Waals surface area contributed by atoms with Gasteiger partial charge in [-0.25, -0.2) is 19.6 Å². The summed E-state index contributed by atoms with van der Waals surface area (Å²) < 4.78 is 0. The first-order valence-corrected chi connectivity index (χ1v) is 3.90.